The van der Waals surface area contributed by atoms with E-state index in [0.717, 1.165) is 11.1 Å². The number of esters is 4. The lowest BCUT2D eigenvalue weighted by Crippen LogP contribution is -2.61. The van der Waals surface area contributed by atoms with Gasteiger partial charge in [-0.2, -0.15) is 0 Å². The van der Waals surface area contributed by atoms with E-state index in [1.807, 2.05) is 27.7 Å². The van der Waals surface area contributed by atoms with Gasteiger partial charge in [-0.1, -0.05) is 20.8 Å². The first-order valence-electron chi connectivity index (χ1n) is 12.5. The first-order valence-corrected chi connectivity index (χ1v) is 12.5. The van der Waals surface area contributed by atoms with E-state index in [1.54, 1.807) is 0 Å². The lowest BCUT2D eigenvalue weighted by atomic mass is 9.51. The molecule has 0 aliphatic heterocycles. The van der Waals surface area contributed by atoms with Crippen molar-refractivity contribution in [2.75, 3.05) is 0 Å². The zero-order chi connectivity index (χ0) is 27.2. The van der Waals surface area contributed by atoms with Crippen molar-refractivity contribution < 1.29 is 42.9 Å². The van der Waals surface area contributed by atoms with E-state index in [1.165, 1.54) is 27.7 Å². The summed E-state index contributed by atoms with van der Waals surface area (Å²) in [6.07, 6.45) is -1.80. The molecule has 3 rings (SSSR count). The van der Waals surface area contributed by atoms with Gasteiger partial charge in [-0.15, -0.1) is 0 Å². The Labute approximate surface area is 212 Å². The van der Waals surface area contributed by atoms with Gasteiger partial charge in [-0.3, -0.25) is 24.0 Å². The van der Waals surface area contributed by atoms with Gasteiger partial charge in [0.2, 0.25) is 0 Å². The van der Waals surface area contributed by atoms with Gasteiger partial charge >= 0.3 is 23.9 Å². The minimum absolute atomic E-state index is 0.124. The van der Waals surface area contributed by atoms with Crippen LogP contribution in [-0.2, 0) is 42.9 Å². The summed E-state index contributed by atoms with van der Waals surface area (Å²) in [6, 6.07) is 0. The zero-order valence-electron chi connectivity index (χ0n) is 22.5. The van der Waals surface area contributed by atoms with Crippen molar-refractivity contribution in [2.45, 2.75) is 105 Å². The van der Waals surface area contributed by atoms with Gasteiger partial charge in [0, 0.05) is 39.0 Å². The van der Waals surface area contributed by atoms with E-state index < -0.39 is 65.0 Å². The summed E-state index contributed by atoms with van der Waals surface area (Å²) in [5, 5.41) is 0. The molecule has 0 aromatic carbocycles. The van der Waals surface area contributed by atoms with Crippen LogP contribution in [0.1, 0.15) is 81.1 Å². The highest BCUT2D eigenvalue weighted by atomic mass is 16.6. The van der Waals surface area contributed by atoms with Crippen molar-refractivity contribution in [3.05, 3.63) is 11.1 Å². The van der Waals surface area contributed by atoms with Gasteiger partial charge in [0.15, 0.2) is 18.0 Å². The van der Waals surface area contributed by atoms with Gasteiger partial charge in [-0.05, 0) is 55.1 Å². The van der Waals surface area contributed by atoms with E-state index in [2.05, 4.69) is 0 Å². The van der Waals surface area contributed by atoms with Crippen molar-refractivity contribution in [3.63, 3.8) is 0 Å². The molecule has 7 atom stereocenters. The summed E-state index contributed by atoms with van der Waals surface area (Å²) in [4.78, 5) is 62.2. The normalized spacial score (nSPS) is 35.5. The maximum absolute atomic E-state index is 13.8. The van der Waals surface area contributed by atoms with Crippen LogP contribution >= 0.6 is 0 Å². The molecule has 2 fully saturated rings. The fraction of sp³-hybridized carbons (Fsp3) is 0.741. The second kappa shape index (κ2) is 9.98. The van der Waals surface area contributed by atoms with Crippen molar-refractivity contribution in [1.29, 1.82) is 0 Å². The fourth-order valence-corrected chi connectivity index (χ4v) is 6.76. The smallest absolute Gasteiger partial charge is 0.303 e. The van der Waals surface area contributed by atoms with Crippen LogP contribution in [0.3, 0.4) is 0 Å². The number of hydrogen-bond donors (Lipinski definition) is 0. The third-order valence-electron chi connectivity index (χ3n) is 8.46. The van der Waals surface area contributed by atoms with Crippen LogP contribution in [0.2, 0.25) is 0 Å². The molecule has 3 aliphatic rings. The molecule has 2 saturated carbocycles. The van der Waals surface area contributed by atoms with E-state index in [9.17, 15) is 24.0 Å². The van der Waals surface area contributed by atoms with Crippen LogP contribution < -0.4 is 0 Å². The molecule has 2 bridgehead atoms. The first-order chi connectivity index (χ1) is 16.6. The maximum atomic E-state index is 13.8. The minimum atomic E-state index is -0.979. The van der Waals surface area contributed by atoms with Crippen LogP contribution in [0.5, 0.6) is 0 Å². The van der Waals surface area contributed by atoms with Crippen LogP contribution in [0.25, 0.3) is 0 Å². The molecule has 3 aliphatic carbocycles. The quantitative estimate of drug-likeness (QED) is 0.320. The van der Waals surface area contributed by atoms with Crippen molar-refractivity contribution in [2.24, 2.45) is 22.7 Å². The molecule has 0 aromatic rings. The van der Waals surface area contributed by atoms with E-state index in [-0.39, 0.29) is 18.1 Å². The van der Waals surface area contributed by atoms with Crippen molar-refractivity contribution in [3.8, 4) is 0 Å². The largest absolute Gasteiger partial charge is 0.458 e. The predicted octanol–water partition coefficient (Wildman–Crippen LogP) is 3.46. The number of hydrogen-bond acceptors (Lipinski definition) is 9. The lowest BCUT2D eigenvalue weighted by molar-refractivity contribution is -0.194. The molecule has 36 heavy (non-hydrogen) atoms. The Hall–Kier alpha value is -2.71. The lowest BCUT2D eigenvalue weighted by Gasteiger charge is -2.56. The van der Waals surface area contributed by atoms with Gasteiger partial charge in [0.1, 0.15) is 12.2 Å². The zero-order valence-corrected chi connectivity index (χ0v) is 22.5. The second-order valence-corrected chi connectivity index (χ2v) is 11.2. The Bertz CT molecular complexity index is 993. The molecule has 0 radical (unpaired) electrons. The average molecular weight is 507 g/mol. The van der Waals surface area contributed by atoms with E-state index in [4.69, 9.17) is 18.9 Å². The van der Waals surface area contributed by atoms with Crippen LogP contribution in [0.15, 0.2) is 11.1 Å². The SMILES string of the molecule is CC(=O)O[C@H]1CC[C@]2(C)[C@H](C[C@H]3C[C@H](OC(C)=O)C(C)=C([C@@H](OC(C)=O)[C@@H]2OC(C)=O)C3(C)C)C1=O. The number of rotatable bonds is 4. The highest BCUT2D eigenvalue weighted by Crippen LogP contribution is 2.58. The molecule has 0 unspecified atom stereocenters. The Morgan fingerprint density at radius 1 is 0.778 bits per heavy atom. The maximum Gasteiger partial charge on any atom is 0.303 e. The molecule has 0 saturated heterocycles. The molecule has 0 aromatic heterocycles. The average Bonchev–Trinajstić information content (AvgIpc) is 2.72. The Morgan fingerprint density at radius 3 is 1.83 bits per heavy atom. The van der Waals surface area contributed by atoms with Gasteiger partial charge in [-0.25, -0.2) is 0 Å². The molecular formula is C27H38O9. The van der Waals surface area contributed by atoms with Crippen molar-refractivity contribution in [1.82, 2.24) is 0 Å². The Morgan fingerprint density at radius 2 is 1.31 bits per heavy atom. The summed E-state index contributed by atoms with van der Waals surface area (Å²) in [5.74, 6) is -3.09. The molecular weight excluding hydrogens is 468 g/mol. The summed E-state index contributed by atoms with van der Waals surface area (Å²) < 4.78 is 22.8. The number of carbonyl (C=O) groups is 5. The highest BCUT2D eigenvalue weighted by Gasteiger charge is 2.61. The van der Waals surface area contributed by atoms with E-state index in [0.29, 0.717) is 19.3 Å². The standard InChI is InChI=1S/C27H38O9/c1-13-21(34-15(3)29)12-18-11-19-23(32)20(33-14(2)28)9-10-27(19,8)25(36-17(5)31)24(35-16(4)30)22(13)26(18,6)7/h18-21,24-25H,9-12H2,1-8H3/t18-,19+,20-,21-,24+,25-,27+/m0/s1. The molecule has 9 heteroatoms. The van der Waals surface area contributed by atoms with Crippen LogP contribution in [0, 0.1) is 22.7 Å². The monoisotopic (exact) mass is 506 g/mol. The summed E-state index contributed by atoms with van der Waals surface area (Å²) in [7, 11) is 0. The summed E-state index contributed by atoms with van der Waals surface area (Å²) >= 11 is 0. The Balaban J connectivity index is 2.27. The summed E-state index contributed by atoms with van der Waals surface area (Å²) in [5.41, 5.74) is 0.0565. The number of ketones is 1. The number of fused-ring (bicyclic) bond motifs is 3. The predicted molar refractivity (Wildman–Crippen MR) is 127 cm³/mol. The Kier molecular flexibility index (Phi) is 7.72. The number of carbonyl (C=O) groups excluding carboxylic acids is 5. The first kappa shape index (κ1) is 27.9. The molecule has 0 amide bonds. The number of ether oxygens (including phenoxy) is 4. The fourth-order valence-electron chi connectivity index (χ4n) is 6.76. The molecule has 0 spiro atoms. The molecule has 0 N–H and O–H groups in total. The second-order valence-electron chi connectivity index (χ2n) is 11.2. The minimum Gasteiger partial charge on any atom is -0.458 e. The molecule has 200 valence electrons. The van der Waals surface area contributed by atoms with Gasteiger partial charge in [0.05, 0.1) is 0 Å². The van der Waals surface area contributed by atoms with Crippen molar-refractivity contribution >= 4 is 29.7 Å². The number of Topliss-reactive ketones (excluding diaryl/α,β-unsaturated/α-hetero) is 1. The van der Waals surface area contributed by atoms with Gasteiger partial charge < -0.3 is 18.9 Å². The third kappa shape index (κ3) is 5.06. The van der Waals surface area contributed by atoms with Gasteiger partial charge in [0.25, 0.3) is 0 Å². The highest BCUT2D eigenvalue weighted by molar-refractivity contribution is 5.89. The van der Waals surface area contributed by atoms with Crippen LogP contribution in [0.4, 0.5) is 0 Å². The summed E-state index contributed by atoms with van der Waals surface area (Å²) in [6.45, 7) is 13.0. The van der Waals surface area contributed by atoms with E-state index >= 15 is 0 Å². The topological polar surface area (TPSA) is 122 Å². The molecule has 9 nitrogen and oxygen atoms in total. The molecule has 0 heterocycles. The third-order valence-corrected chi connectivity index (χ3v) is 8.46. The van der Waals surface area contributed by atoms with Crippen LogP contribution in [-0.4, -0.2) is 54.1 Å².